The molecule has 1 fully saturated rings. The number of halogens is 1. The minimum Gasteiger partial charge on any atom is -0.463 e. The molecule has 1 aliphatic heterocycles. The number of imide groups is 1. The van der Waals surface area contributed by atoms with E-state index in [1.54, 1.807) is 6.07 Å². The Morgan fingerprint density at radius 3 is 2.72 bits per heavy atom. The van der Waals surface area contributed by atoms with Gasteiger partial charge >= 0.3 is 12.0 Å². The Morgan fingerprint density at radius 2 is 2.04 bits per heavy atom. The first-order valence-electron chi connectivity index (χ1n) is 7.42. The summed E-state index contributed by atoms with van der Waals surface area (Å²) in [5, 5.41) is 2.51. The van der Waals surface area contributed by atoms with Gasteiger partial charge < -0.3 is 14.5 Å². The minimum atomic E-state index is -1.53. The van der Waals surface area contributed by atoms with Crippen LogP contribution in [0.3, 0.4) is 0 Å². The van der Waals surface area contributed by atoms with Gasteiger partial charge in [0, 0.05) is 11.1 Å². The van der Waals surface area contributed by atoms with Crippen LogP contribution in [0.4, 0.5) is 9.18 Å². The molecule has 3 rings (SSSR count). The van der Waals surface area contributed by atoms with Crippen LogP contribution >= 0.6 is 0 Å². The lowest BCUT2D eigenvalue weighted by molar-refractivity contribution is -0.131. The van der Waals surface area contributed by atoms with Crippen molar-refractivity contribution in [1.29, 1.82) is 0 Å². The van der Waals surface area contributed by atoms with Crippen molar-refractivity contribution >= 4 is 17.9 Å². The number of nitrogens with one attached hydrogen (secondary N) is 1. The molecule has 0 radical (unpaired) electrons. The van der Waals surface area contributed by atoms with Crippen LogP contribution in [-0.2, 0) is 21.6 Å². The third-order valence-corrected chi connectivity index (χ3v) is 4.13. The van der Waals surface area contributed by atoms with Crippen molar-refractivity contribution in [2.45, 2.75) is 19.0 Å². The Labute approximate surface area is 142 Å². The van der Waals surface area contributed by atoms with Crippen molar-refractivity contribution in [2.24, 2.45) is 0 Å². The van der Waals surface area contributed by atoms with Crippen molar-refractivity contribution < 1.29 is 27.9 Å². The maximum absolute atomic E-state index is 14.1. The number of nitrogens with zero attached hydrogens (tertiary/aromatic N) is 1. The second-order valence-corrected chi connectivity index (χ2v) is 5.69. The molecule has 0 aliphatic carbocycles. The van der Waals surface area contributed by atoms with Crippen LogP contribution in [0.15, 0.2) is 41.0 Å². The molecule has 8 heteroatoms. The summed E-state index contributed by atoms with van der Waals surface area (Å²) in [6.45, 7) is 1.23. The van der Waals surface area contributed by atoms with E-state index in [1.807, 2.05) is 0 Å². The molecule has 3 amide bonds. The summed E-state index contributed by atoms with van der Waals surface area (Å²) in [5.74, 6) is -2.04. The number of carbonyl (C=O) groups excluding carboxylic acids is 3. The quantitative estimate of drug-likeness (QED) is 0.677. The predicted molar refractivity (Wildman–Crippen MR) is 82.9 cm³/mol. The number of hydrogen-bond acceptors (Lipinski definition) is 5. The van der Waals surface area contributed by atoms with E-state index in [-0.39, 0.29) is 17.9 Å². The molecule has 1 saturated heterocycles. The van der Waals surface area contributed by atoms with Crippen LogP contribution in [-0.4, -0.2) is 29.9 Å². The van der Waals surface area contributed by atoms with Crippen LogP contribution in [0.1, 0.15) is 28.6 Å². The molecule has 25 heavy (non-hydrogen) atoms. The number of ether oxygens (including phenoxy) is 1. The highest BCUT2D eigenvalue weighted by Crippen LogP contribution is 2.31. The number of furan rings is 1. The Kier molecular flexibility index (Phi) is 4.03. The largest absolute Gasteiger partial charge is 0.463 e. The van der Waals surface area contributed by atoms with Crippen LogP contribution in [0.5, 0.6) is 0 Å². The van der Waals surface area contributed by atoms with Gasteiger partial charge in [-0.15, -0.1) is 0 Å². The van der Waals surface area contributed by atoms with E-state index in [9.17, 15) is 18.8 Å². The van der Waals surface area contributed by atoms with Crippen LogP contribution in [0, 0.1) is 5.82 Å². The summed E-state index contributed by atoms with van der Waals surface area (Å²) >= 11 is 0. The van der Waals surface area contributed by atoms with Gasteiger partial charge in [-0.05, 0) is 19.1 Å². The predicted octanol–water partition coefficient (Wildman–Crippen LogP) is 2.17. The summed E-state index contributed by atoms with van der Waals surface area (Å²) in [7, 11) is 1.19. The first kappa shape index (κ1) is 16.7. The average Bonchev–Trinajstić information content (AvgIpc) is 3.14. The number of urea groups is 1. The highest BCUT2D eigenvalue weighted by molar-refractivity contribution is 6.07. The SMILES string of the molecule is COC(=O)c1occc1CN1C(=O)N[C@](C)(c2ccccc2F)C1=O. The molecular formula is C17H15FN2O5. The monoisotopic (exact) mass is 346 g/mol. The zero-order valence-corrected chi connectivity index (χ0v) is 13.5. The lowest BCUT2D eigenvalue weighted by atomic mass is 9.91. The Hall–Kier alpha value is -3.16. The molecule has 2 heterocycles. The summed E-state index contributed by atoms with van der Waals surface area (Å²) in [5.41, 5.74) is -1.15. The van der Waals surface area contributed by atoms with Crippen molar-refractivity contribution in [3.63, 3.8) is 0 Å². The third kappa shape index (κ3) is 2.65. The van der Waals surface area contributed by atoms with Gasteiger partial charge in [0.1, 0.15) is 11.4 Å². The fraction of sp³-hybridized carbons (Fsp3) is 0.235. The summed E-state index contributed by atoms with van der Waals surface area (Å²) in [6, 6.07) is 6.51. The molecule has 0 spiro atoms. The number of methoxy groups -OCH3 is 1. The number of amides is 3. The zero-order valence-electron chi connectivity index (χ0n) is 13.5. The molecule has 1 aromatic carbocycles. The number of hydrogen-bond donors (Lipinski definition) is 1. The zero-order chi connectivity index (χ0) is 18.2. The van der Waals surface area contributed by atoms with Crippen molar-refractivity contribution in [1.82, 2.24) is 10.2 Å². The maximum atomic E-state index is 14.1. The van der Waals surface area contributed by atoms with E-state index in [2.05, 4.69) is 10.1 Å². The minimum absolute atomic E-state index is 0.0660. The van der Waals surface area contributed by atoms with Crippen molar-refractivity contribution in [2.75, 3.05) is 7.11 Å². The topological polar surface area (TPSA) is 88.8 Å². The fourth-order valence-electron chi connectivity index (χ4n) is 2.79. The van der Waals surface area contributed by atoms with Crippen LogP contribution < -0.4 is 5.32 Å². The standard InChI is InChI=1S/C17H15FN2O5/c1-17(11-5-3-4-6-12(11)18)15(22)20(16(23)19-17)9-10-7-8-25-13(10)14(21)24-2/h3-8H,9H2,1-2H3,(H,19,23)/t17-/m1/s1. The second kappa shape index (κ2) is 6.04. The molecular weight excluding hydrogens is 331 g/mol. The highest BCUT2D eigenvalue weighted by atomic mass is 19.1. The molecule has 7 nitrogen and oxygen atoms in total. The Bertz CT molecular complexity index is 862. The van der Waals surface area contributed by atoms with Crippen molar-refractivity contribution in [3.8, 4) is 0 Å². The van der Waals surface area contributed by atoms with Gasteiger partial charge in [-0.2, -0.15) is 0 Å². The number of carbonyl (C=O) groups is 3. The summed E-state index contributed by atoms with van der Waals surface area (Å²) in [4.78, 5) is 37.6. The lowest BCUT2D eigenvalue weighted by Gasteiger charge is -2.22. The molecule has 0 saturated carbocycles. The van der Waals surface area contributed by atoms with Gasteiger partial charge in [-0.3, -0.25) is 9.69 Å². The van der Waals surface area contributed by atoms with Gasteiger partial charge in [0.15, 0.2) is 0 Å². The molecule has 1 atom stereocenters. The molecule has 1 aliphatic rings. The normalized spacial score (nSPS) is 19.9. The second-order valence-electron chi connectivity index (χ2n) is 5.69. The Morgan fingerprint density at radius 1 is 1.32 bits per heavy atom. The van der Waals surface area contributed by atoms with Crippen molar-refractivity contribution in [3.05, 3.63) is 59.3 Å². The van der Waals surface area contributed by atoms with E-state index < -0.39 is 29.3 Å². The molecule has 0 unspecified atom stereocenters. The molecule has 0 bridgehead atoms. The van der Waals surface area contributed by atoms with Crippen LogP contribution in [0.25, 0.3) is 0 Å². The number of benzene rings is 1. The molecule has 2 aromatic rings. The number of esters is 1. The molecule has 1 N–H and O–H groups in total. The average molecular weight is 346 g/mol. The van der Waals surface area contributed by atoms with Gasteiger partial charge in [0.25, 0.3) is 5.91 Å². The van der Waals surface area contributed by atoms with Crippen LogP contribution in [0.2, 0.25) is 0 Å². The first-order chi connectivity index (χ1) is 11.9. The van der Waals surface area contributed by atoms with E-state index >= 15 is 0 Å². The highest BCUT2D eigenvalue weighted by Gasteiger charge is 2.50. The summed E-state index contributed by atoms with van der Waals surface area (Å²) in [6.07, 6.45) is 1.26. The van der Waals surface area contributed by atoms with Gasteiger partial charge in [0.05, 0.1) is 19.9 Å². The first-order valence-corrected chi connectivity index (χ1v) is 7.42. The molecule has 130 valence electrons. The van der Waals surface area contributed by atoms with E-state index in [1.165, 1.54) is 44.6 Å². The Balaban J connectivity index is 1.92. The third-order valence-electron chi connectivity index (χ3n) is 4.13. The van der Waals surface area contributed by atoms with Gasteiger partial charge in [-0.1, -0.05) is 18.2 Å². The maximum Gasteiger partial charge on any atom is 0.374 e. The lowest BCUT2D eigenvalue weighted by Crippen LogP contribution is -2.41. The number of rotatable bonds is 4. The van der Waals surface area contributed by atoms with E-state index in [4.69, 9.17) is 4.42 Å². The molecule has 1 aromatic heterocycles. The van der Waals surface area contributed by atoms with Gasteiger partial charge in [0.2, 0.25) is 5.76 Å². The van der Waals surface area contributed by atoms with Gasteiger partial charge in [-0.25, -0.2) is 14.0 Å². The van der Waals surface area contributed by atoms with E-state index in [0.717, 1.165) is 4.90 Å². The van der Waals surface area contributed by atoms with E-state index in [0.29, 0.717) is 5.56 Å². The fourth-order valence-corrected chi connectivity index (χ4v) is 2.79. The smallest absolute Gasteiger partial charge is 0.374 e. The summed E-state index contributed by atoms with van der Waals surface area (Å²) < 4.78 is 23.8.